The predicted octanol–water partition coefficient (Wildman–Crippen LogP) is 3.13. The summed E-state index contributed by atoms with van der Waals surface area (Å²) in [6, 6.07) is 8.93. The first-order chi connectivity index (χ1) is 14.3. The van der Waals surface area contributed by atoms with Crippen molar-refractivity contribution in [3.8, 4) is 5.75 Å². The lowest BCUT2D eigenvalue weighted by atomic mass is 9.87. The van der Waals surface area contributed by atoms with Gasteiger partial charge in [-0.15, -0.1) is 9.82 Å². The third-order valence-corrected chi connectivity index (χ3v) is 5.82. The van der Waals surface area contributed by atoms with Crippen molar-refractivity contribution in [3.05, 3.63) is 64.0 Å². The second-order valence-electron chi connectivity index (χ2n) is 6.59. The van der Waals surface area contributed by atoms with E-state index in [0.29, 0.717) is 21.9 Å². The second-order valence-corrected chi connectivity index (χ2v) is 8.21. The van der Waals surface area contributed by atoms with E-state index in [1.165, 1.54) is 5.41 Å². The van der Waals surface area contributed by atoms with Gasteiger partial charge in [-0.3, -0.25) is 4.79 Å². The van der Waals surface area contributed by atoms with E-state index in [1.54, 1.807) is 37.0 Å². The number of nitrogens with one attached hydrogen (secondary N) is 1. The van der Waals surface area contributed by atoms with Crippen molar-refractivity contribution in [1.29, 1.82) is 0 Å². The van der Waals surface area contributed by atoms with Crippen LogP contribution in [0, 0.1) is 0 Å². The Morgan fingerprint density at radius 2 is 2.20 bits per heavy atom. The molecule has 0 aliphatic rings. The van der Waals surface area contributed by atoms with Crippen LogP contribution >= 0.6 is 11.6 Å². The number of nitrogens with zero attached hydrogens (tertiary/aromatic N) is 3. The zero-order valence-corrected chi connectivity index (χ0v) is 18.0. The van der Waals surface area contributed by atoms with Crippen LogP contribution in [-0.4, -0.2) is 37.7 Å². The summed E-state index contributed by atoms with van der Waals surface area (Å²) in [5.74, 6) is -0.855. The highest BCUT2D eigenvalue weighted by Crippen LogP contribution is 2.35. The molecule has 0 bridgehead atoms. The normalized spacial score (nSPS) is 13.2. The van der Waals surface area contributed by atoms with E-state index in [1.807, 2.05) is 12.1 Å². The van der Waals surface area contributed by atoms with Crippen LogP contribution in [0.3, 0.4) is 0 Å². The number of halogens is 1. The molecule has 30 heavy (non-hydrogen) atoms. The van der Waals surface area contributed by atoms with Crippen molar-refractivity contribution in [2.75, 3.05) is 7.11 Å². The van der Waals surface area contributed by atoms with Crippen LogP contribution in [0.5, 0.6) is 5.75 Å². The van der Waals surface area contributed by atoms with Crippen LogP contribution in [0.4, 0.5) is 0 Å². The molecule has 0 aliphatic carbocycles. The maximum atomic E-state index is 11.6. The lowest BCUT2D eigenvalue weighted by Crippen LogP contribution is -2.20. The molecule has 0 amide bonds. The van der Waals surface area contributed by atoms with E-state index in [4.69, 9.17) is 16.3 Å². The minimum absolute atomic E-state index is 0.137. The molecule has 1 aromatic heterocycles. The fraction of sp³-hybridized carbons (Fsp3) is 0.250. The number of fused-ring (bicyclic) bond motifs is 1. The Labute approximate surface area is 181 Å². The van der Waals surface area contributed by atoms with Crippen LogP contribution < -0.4 is 9.46 Å². The number of hydrogen-bond donors (Lipinski definition) is 2. The van der Waals surface area contributed by atoms with Gasteiger partial charge in [0.15, 0.2) is 0 Å². The van der Waals surface area contributed by atoms with Gasteiger partial charge in [0.05, 0.1) is 31.4 Å². The molecule has 2 atom stereocenters. The molecule has 0 aliphatic heterocycles. The summed E-state index contributed by atoms with van der Waals surface area (Å²) in [5.41, 5.74) is 3.53. The van der Waals surface area contributed by atoms with Crippen molar-refractivity contribution in [2.24, 2.45) is 7.05 Å². The number of methoxy groups -OCH3 is 1. The largest absolute Gasteiger partial charge is 0.593 e. The van der Waals surface area contributed by atoms with Crippen LogP contribution in [0.25, 0.3) is 11.0 Å². The van der Waals surface area contributed by atoms with Crippen LogP contribution in [0.1, 0.15) is 29.0 Å². The van der Waals surface area contributed by atoms with Gasteiger partial charge in [0.1, 0.15) is 22.2 Å². The Kier molecular flexibility index (Phi) is 6.99. The number of rotatable bonds is 9. The fourth-order valence-corrected chi connectivity index (χ4v) is 3.89. The molecule has 0 radical (unpaired) electrons. The number of aryl methyl sites for hydroxylation is 1. The Balaban J connectivity index is 2.06. The van der Waals surface area contributed by atoms with Crippen molar-refractivity contribution in [3.63, 3.8) is 0 Å². The van der Waals surface area contributed by atoms with E-state index in [2.05, 4.69) is 21.6 Å². The highest BCUT2D eigenvalue weighted by molar-refractivity contribution is 7.92. The van der Waals surface area contributed by atoms with Crippen molar-refractivity contribution >= 4 is 40.0 Å². The topological polar surface area (TPSA) is 112 Å². The van der Waals surface area contributed by atoms with Gasteiger partial charge in [0.25, 0.3) is 0 Å². The van der Waals surface area contributed by atoms with Crippen molar-refractivity contribution < 1.29 is 19.2 Å². The van der Waals surface area contributed by atoms with Gasteiger partial charge in [-0.1, -0.05) is 28.9 Å². The van der Waals surface area contributed by atoms with Crippen LogP contribution in [0.2, 0.25) is 5.02 Å². The minimum atomic E-state index is -1.39. The summed E-state index contributed by atoms with van der Waals surface area (Å²) < 4.78 is 21.5. The fourth-order valence-electron chi connectivity index (χ4n) is 3.29. The molecule has 158 valence electrons. The number of aromatic nitrogens is 3. The number of hydrogen-bond acceptors (Lipinski definition) is 6. The van der Waals surface area contributed by atoms with E-state index < -0.39 is 23.2 Å². The monoisotopic (exact) mass is 448 g/mol. The highest BCUT2D eigenvalue weighted by Gasteiger charge is 2.22. The Bertz CT molecular complexity index is 1090. The molecular formula is C20H21ClN4O4S. The maximum absolute atomic E-state index is 11.6. The summed E-state index contributed by atoms with van der Waals surface area (Å²) >= 11 is 4.90. The number of carboxylic acid groups (broad SMARTS) is 1. The predicted molar refractivity (Wildman–Crippen MR) is 116 cm³/mol. The quantitative estimate of drug-likeness (QED) is 0.483. The molecule has 0 saturated carbocycles. The van der Waals surface area contributed by atoms with Crippen LogP contribution in [0.15, 0.2) is 42.3 Å². The number of ether oxygens (including phenoxy) is 1. The smallest absolute Gasteiger partial charge is 0.304 e. The first-order valence-corrected chi connectivity index (χ1v) is 10.6. The van der Waals surface area contributed by atoms with Gasteiger partial charge in [-0.05, 0) is 41.5 Å². The summed E-state index contributed by atoms with van der Waals surface area (Å²) in [6.07, 6.45) is -0.137. The Hall–Kier alpha value is -2.59. The molecule has 8 nitrogen and oxygen atoms in total. The first-order valence-electron chi connectivity index (χ1n) is 8.98. The number of aliphatic carboxylic acids is 1. The second kappa shape index (κ2) is 9.48. The van der Waals surface area contributed by atoms with Gasteiger partial charge >= 0.3 is 5.97 Å². The van der Waals surface area contributed by atoms with E-state index in [0.717, 1.165) is 16.6 Å². The summed E-state index contributed by atoms with van der Waals surface area (Å²) in [5, 5.41) is 19.5. The third-order valence-electron chi connectivity index (χ3n) is 4.72. The number of carboxylic acids is 1. The Morgan fingerprint density at radius 3 is 2.87 bits per heavy atom. The van der Waals surface area contributed by atoms with Gasteiger partial charge in [-0.2, -0.15) is 0 Å². The first kappa shape index (κ1) is 22.1. The highest BCUT2D eigenvalue weighted by atomic mass is 35.5. The Morgan fingerprint density at radius 1 is 1.43 bits per heavy atom. The summed E-state index contributed by atoms with van der Waals surface area (Å²) in [7, 11) is 3.31. The van der Waals surface area contributed by atoms with Gasteiger partial charge in [0.2, 0.25) is 0 Å². The molecular weight excluding hydrogens is 428 g/mol. The lowest BCUT2D eigenvalue weighted by molar-refractivity contribution is -0.137. The molecule has 3 aromatic rings. The molecule has 3 rings (SSSR count). The van der Waals surface area contributed by atoms with Gasteiger partial charge < -0.3 is 14.4 Å². The van der Waals surface area contributed by atoms with E-state index in [-0.39, 0.29) is 13.0 Å². The zero-order chi connectivity index (χ0) is 21.8. The summed E-state index contributed by atoms with van der Waals surface area (Å²) in [4.78, 5) is 11.6. The third kappa shape index (κ3) is 4.76. The zero-order valence-electron chi connectivity index (χ0n) is 16.5. The lowest BCUT2D eigenvalue weighted by Gasteiger charge is -2.19. The molecule has 2 aromatic carbocycles. The van der Waals surface area contributed by atoms with Gasteiger partial charge in [-0.25, -0.2) is 4.68 Å². The van der Waals surface area contributed by atoms with E-state index >= 15 is 0 Å². The van der Waals surface area contributed by atoms with Gasteiger partial charge in [0, 0.05) is 18.0 Å². The molecule has 2 unspecified atom stereocenters. The number of carbonyl (C=O) groups is 1. The van der Waals surface area contributed by atoms with Crippen molar-refractivity contribution in [2.45, 2.75) is 18.9 Å². The molecule has 0 saturated heterocycles. The molecule has 10 heteroatoms. The SMILES string of the molecule is C=C[S+]([O-])NCc1cc(C(CC(=O)O)c2cc(OC)c3c(c2)nnn3C)ccc1Cl. The standard InChI is InChI=1S/C20H21ClN4O4S/c1-4-30(28)22-11-14-7-12(5-6-16(14)21)15(10-19(26)27)13-8-17-20(18(9-13)29-3)25(2)24-23-17/h4-9,15,22H,1,10-11H2,2-3H3,(H,26,27). The minimum Gasteiger partial charge on any atom is -0.593 e. The number of benzene rings is 2. The molecule has 2 N–H and O–H groups in total. The maximum Gasteiger partial charge on any atom is 0.304 e. The summed E-state index contributed by atoms with van der Waals surface area (Å²) in [6.45, 7) is 3.72. The average molecular weight is 449 g/mol. The van der Waals surface area contributed by atoms with Crippen molar-refractivity contribution in [1.82, 2.24) is 19.7 Å². The molecule has 1 heterocycles. The molecule has 0 spiro atoms. The molecule has 0 fully saturated rings. The van der Waals surface area contributed by atoms with Crippen LogP contribution in [-0.2, 0) is 29.7 Å². The average Bonchev–Trinajstić information content (AvgIpc) is 3.11. The van der Waals surface area contributed by atoms with E-state index in [9.17, 15) is 14.5 Å².